The molecule has 0 radical (unpaired) electrons. The summed E-state index contributed by atoms with van der Waals surface area (Å²) in [4.78, 5) is 27.5. The Hall–Kier alpha value is -2.48. The molecule has 30 heavy (non-hydrogen) atoms. The lowest BCUT2D eigenvalue weighted by molar-refractivity contribution is -0.129. The molecule has 1 aliphatic carbocycles. The van der Waals surface area contributed by atoms with Crippen LogP contribution in [0.3, 0.4) is 0 Å². The van der Waals surface area contributed by atoms with Gasteiger partial charge in [-0.25, -0.2) is 13.2 Å². The first kappa shape index (κ1) is 22.2. The minimum absolute atomic E-state index is 0.0197. The van der Waals surface area contributed by atoms with Crippen molar-refractivity contribution in [3.05, 3.63) is 59.4 Å². The van der Waals surface area contributed by atoms with Gasteiger partial charge in [-0.3, -0.25) is 9.59 Å². The first-order valence-corrected chi connectivity index (χ1v) is 10.8. The van der Waals surface area contributed by atoms with Gasteiger partial charge in [0, 0.05) is 18.0 Å². The summed E-state index contributed by atoms with van der Waals surface area (Å²) >= 11 is 1.22. The molecule has 1 aliphatic rings. The third-order valence-electron chi connectivity index (χ3n) is 5.28. The lowest BCUT2D eigenvalue weighted by Crippen LogP contribution is -2.39. The van der Waals surface area contributed by atoms with E-state index >= 15 is 0 Å². The standard InChI is InChI=1S/C22H23F3N2O2S/c1-27(14-7-3-2-4-8-14)19(28)13-30-18-10-6-5-9-15(18)22(29)26-17-12-11-16(23)20(24)21(17)25/h5-6,9-12,14H,2-4,7-8,13H2,1H3,(H,26,29). The van der Waals surface area contributed by atoms with Gasteiger partial charge in [0.1, 0.15) is 0 Å². The van der Waals surface area contributed by atoms with Crippen molar-refractivity contribution in [2.45, 2.75) is 43.0 Å². The summed E-state index contributed by atoms with van der Waals surface area (Å²) < 4.78 is 40.4. The molecule has 8 heteroatoms. The minimum Gasteiger partial charge on any atom is -0.342 e. The number of hydrogen-bond acceptors (Lipinski definition) is 3. The fourth-order valence-corrected chi connectivity index (χ4v) is 4.48. The molecule has 0 bridgehead atoms. The molecule has 1 N–H and O–H groups in total. The van der Waals surface area contributed by atoms with E-state index in [1.807, 2.05) is 7.05 Å². The van der Waals surface area contributed by atoms with E-state index < -0.39 is 29.0 Å². The van der Waals surface area contributed by atoms with Crippen molar-refractivity contribution >= 4 is 29.3 Å². The van der Waals surface area contributed by atoms with E-state index in [4.69, 9.17) is 0 Å². The third kappa shape index (κ3) is 5.16. The SMILES string of the molecule is CN(C(=O)CSc1ccccc1C(=O)Nc1ccc(F)c(F)c1F)C1CCCCC1. The second-order valence-corrected chi connectivity index (χ2v) is 8.28. The van der Waals surface area contributed by atoms with Crippen molar-refractivity contribution < 1.29 is 22.8 Å². The van der Waals surface area contributed by atoms with Crippen LogP contribution in [0.15, 0.2) is 41.3 Å². The van der Waals surface area contributed by atoms with Gasteiger partial charge in [-0.2, -0.15) is 0 Å². The van der Waals surface area contributed by atoms with E-state index in [9.17, 15) is 22.8 Å². The molecule has 0 atom stereocenters. The summed E-state index contributed by atoms with van der Waals surface area (Å²) in [5.41, 5.74) is -0.230. The van der Waals surface area contributed by atoms with Gasteiger partial charge in [0.15, 0.2) is 17.5 Å². The number of benzene rings is 2. The van der Waals surface area contributed by atoms with Crippen LogP contribution in [0.2, 0.25) is 0 Å². The van der Waals surface area contributed by atoms with E-state index in [1.54, 1.807) is 23.1 Å². The lowest BCUT2D eigenvalue weighted by Gasteiger charge is -2.31. The zero-order valence-electron chi connectivity index (χ0n) is 16.6. The molecule has 0 saturated heterocycles. The Labute approximate surface area is 177 Å². The van der Waals surface area contributed by atoms with Crippen molar-refractivity contribution in [2.75, 3.05) is 18.1 Å². The van der Waals surface area contributed by atoms with Crippen LogP contribution >= 0.6 is 11.8 Å². The first-order valence-electron chi connectivity index (χ1n) is 9.81. The molecule has 0 unspecified atom stereocenters. The number of carbonyl (C=O) groups excluding carboxylic acids is 2. The zero-order chi connectivity index (χ0) is 21.7. The van der Waals surface area contributed by atoms with Crippen molar-refractivity contribution in [2.24, 2.45) is 0 Å². The topological polar surface area (TPSA) is 49.4 Å². The van der Waals surface area contributed by atoms with Crippen LogP contribution in [-0.4, -0.2) is 35.6 Å². The van der Waals surface area contributed by atoms with E-state index in [2.05, 4.69) is 5.32 Å². The van der Waals surface area contributed by atoms with Gasteiger partial charge in [0.25, 0.3) is 5.91 Å². The molecule has 3 rings (SSSR count). The van der Waals surface area contributed by atoms with Crippen molar-refractivity contribution in [3.8, 4) is 0 Å². The molecular weight excluding hydrogens is 413 g/mol. The highest BCUT2D eigenvalue weighted by atomic mass is 32.2. The monoisotopic (exact) mass is 436 g/mol. The second kappa shape index (κ2) is 10.0. The number of nitrogens with one attached hydrogen (secondary N) is 1. The maximum absolute atomic E-state index is 13.9. The van der Waals surface area contributed by atoms with Crippen molar-refractivity contribution in [1.29, 1.82) is 0 Å². The number of rotatable bonds is 6. The van der Waals surface area contributed by atoms with Crippen LogP contribution in [0.5, 0.6) is 0 Å². The van der Waals surface area contributed by atoms with Gasteiger partial charge < -0.3 is 10.2 Å². The summed E-state index contributed by atoms with van der Waals surface area (Å²) in [6.45, 7) is 0. The third-order valence-corrected chi connectivity index (χ3v) is 6.34. The van der Waals surface area contributed by atoms with E-state index in [1.165, 1.54) is 24.2 Å². The molecule has 1 saturated carbocycles. The molecular formula is C22H23F3N2O2S. The maximum Gasteiger partial charge on any atom is 0.256 e. The summed E-state index contributed by atoms with van der Waals surface area (Å²) in [6.07, 6.45) is 5.46. The molecule has 2 amide bonds. The smallest absolute Gasteiger partial charge is 0.256 e. The van der Waals surface area contributed by atoms with Gasteiger partial charge in [0.05, 0.1) is 17.0 Å². The molecule has 2 aromatic rings. The summed E-state index contributed by atoms with van der Waals surface area (Å²) in [5.74, 6) is -4.96. The van der Waals surface area contributed by atoms with E-state index in [0.717, 1.165) is 37.8 Å². The predicted molar refractivity (Wildman–Crippen MR) is 111 cm³/mol. The quantitative estimate of drug-likeness (QED) is 0.498. The molecule has 2 aromatic carbocycles. The van der Waals surface area contributed by atoms with Crippen LogP contribution in [-0.2, 0) is 4.79 Å². The van der Waals surface area contributed by atoms with Gasteiger partial charge in [0.2, 0.25) is 5.91 Å². The first-order chi connectivity index (χ1) is 14.4. The second-order valence-electron chi connectivity index (χ2n) is 7.26. The van der Waals surface area contributed by atoms with Crippen molar-refractivity contribution in [3.63, 3.8) is 0 Å². The molecule has 0 spiro atoms. The Morgan fingerprint density at radius 1 is 1.03 bits per heavy atom. The number of carbonyl (C=O) groups is 2. The van der Waals surface area contributed by atoms with Crippen LogP contribution < -0.4 is 5.32 Å². The maximum atomic E-state index is 13.9. The average Bonchev–Trinajstić information content (AvgIpc) is 2.78. The van der Waals surface area contributed by atoms with E-state index in [0.29, 0.717) is 4.90 Å². The van der Waals surface area contributed by atoms with Gasteiger partial charge >= 0.3 is 0 Å². The Kier molecular flexibility index (Phi) is 7.42. The number of hydrogen-bond donors (Lipinski definition) is 1. The van der Waals surface area contributed by atoms with Crippen LogP contribution in [0.1, 0.15) is 42.5 Å². The molecule has 0 aliphatic heterocycles. The number of halogens is 3. The molecule has 0 aromatic heterocycles. The summed E-state index contributed by atoms with van der Waals surface area (Å²) in [7, 11) is 1.81. The van der Waals surface area contributed by atoms with Crippen LogP contribution in [0.25, 0.3) is 0 Å². The summed E-state index contributed by atoms with van der Waals surface area (Å²) in [5, 5.41) is 2.27. The highest BCUT2D eigenvalue weighted by Crippen LogP contribution is 2.27. The highest BCUT2D eigenvalue weighted by molar-refractivity contribution is 8.00. The average molecular weight is 436 g/mol. The highest BCUT2D eigenvalue weighted by Gasteiger charge is 2.23. The van der Waals surface area contributed by atoms with Crippen molar-refractivity contribution in [1.82, 2.24) is 4.90 Å². The zero-order valence-corrected chi connectivity index (χ0v) is 17.4. The number of anilines is 1. The number of thioether (sulfide) groups is 1. The molecule has 1 fully saturated rings. The Morgan fingerprint density at radius 3 is 2.47 bits per heavy atom. The molecule has 0 heterocycles. The Bertz CT molecular complexity index is 933. The minimum atomic E-state index is -1.65. The fraction of sp³-hybridized carbons (Fsp3) is 0.364. The lowest BCUT2D eigenvalue weighted by atomic mass is 9.94. The predicted octanol–water partition coefficient (Wildman–Crippen LogP) is 5.24. The van der Waals surface area contributed by atoms with Gasteiger partial charge in [-0.15, -0.1) is 11.8 Å². The largest absolute Gasteiger partial charge is 0.342 e. The van der Waals surface area contributed by atoms with Crippen LogP contribution in [0.4, 0.5) is 18.9 Å². The normalized spacial score (nSPS) is 14.4. The number of nitrogens with zero attached hydrogens (tertiary/aromatic N) is 1. The number of amides is 2. The van der Waals surface area contributed by atoms with Gasteiger partial charge in [-0.05, 0) is 37.1 Å². The Morgan fingerprint density at radius 2 is 1.73 bits per heavy atom. The summed E-state index contributed by atoms with van der Waals surface area (Å²) in [6, 6.07) is 8.54. The van der Waals surface area contributed by atoms with Gasteiger partial charge in [-0.1, -0.05) is 31.4 Å². The Balaban J connectivity index is 1.67. The van der Waals surface area contributed by atoms with Crippen LogP contribution in [0, 0.1) is 17.5 Å². The molecule has 160 valence electrons. The molecule has 4 nitrogen and oxygen atoms in total. The fourth-order valence-electron chi connectivity index (χ4n) is 3.51. The van der Waals surface area contributed by atoms with E-state index in [-0.39, 0.29) is 23.3 Å².